The number of hydrogen-bond donors (Lipinski definition) is 1. The second-order valence-corrected chi connectivity index (χ2v) is 9.17. The van der Waals surface area contributed by atoms with Gasteiger partial charge in [-0.15, -0.1) is 5.10 Å². The Morgan fingerprint density at radius 3 is 2.74 bits per heavy atom. The van der Waals surface area contributed by atoms with Crippen molar-refractivity contribution in [2.24, 2.45) is 0 Å². The van der Waals surface area contributed by atoms with Gasteiger partial charge in [-0.1, -0.05) is 24.6 Å². The van der Waals surface area contributed by atoms with Crippen LogP contribution >= 0.6 is 0 Å². The smallest absolute Gasteiger partial charge is 0.181 e. The minimum atomic E-state index is 0.592. The predicted molar refractivity (Wildman–Crippen MR) is 135 cm³/mol. The summed E-state index contributed by atoms with van der Waals surface area (Å²) in [5, 5.41) is 15.9. The van der Waals surface area contributed by atoms with Crippen molar-refractivity contribution >= 4 is 21.7 Å². The van der Waals surface area contributed by atoms with Crippen LogP contribution in [0.15, 0.2) is 60.9 Å². The molecule has 3 heterocycles. The fourth-order valence-electron chi connectivity index (χ4n) is 4.92. The molecule has 6 rings (SSSR count). The number of aromatic nitrogens is 5. The Balaban J connectivity index is 1.32. The molecule has 3 aromatic carbocycles. The van der Waals surface area contributed by atoms with E-state index >= 15 is 0 Å². The number of methoxy groups -OCH3 is 1. The summed E-state index contributed by atoms with van der Waals surface area (Å²) < 4.78 is 7.31. The number of fused-ring (bicyclic) bond motifs is 2. The van der Waals surface area contributed by atoms with Crippen LogP contribution in [0.5, 0.6) is 5.75 Å². The SMILES string of the molecule is COc1ccc2cc(-c3n[nH]c4ccc(-c5ncn(CN6CCCCC6C)n5)cc34)ccc2c1. The molecule has 1 fully saturated rings. The van der Waals surface area contributed by atoms with Gasteiger partial charge in [0.1, 0.15) is 12.1 Å². The predicted octanol–water partition coefficient (Wildman–Crippen LogP) is 5.48. The first-order valence-electron chi connectivity index (χ1n) is 11.9. The van der Waals surface area contributed by atoms with Gasteiger partial charge in [0.2, 0.25) is 0 Å². The van der Waals surface area contributed by atoms with Crippen LogP contribution in [0, 0.1) is 0 Å². The minimum Gasteiger partial charge on any atom is -0.497 e. The molecule has 1 aliphatic rings. The van der Waals surface area contributed by atoms with E-state index in [0.717, 1.165) is 63.3 Å². The third kappa shape index (κ3) is 3.82. The summed E-state index contributed by atoms with van der Waals surface area (Å²) in [6.45, 7) is 4.21. The number of likely N-dealkylation sites (tertiary alicyclic amines) is 1. The minimum absolute atomic E-state index is 0.592. The van der Waals surface area contributed by atoms with Crippen molar-refractivity contribution in [3.05, 3.63) is 60.9 Å². The number of ether oxygens (including phenoxy) is 1. The lowest BCUT2D eigenvalue weighted by atomic mass is 10.0. The molecule has 1 saturated heterocycles. The molecule has 2 aromatic heterocycles. The number of nitrogens with zero attached hydrogens (tertiary/aromatic N) is 5. The number of piperidine rings is 1. The highest BCUT2D eigenvalue weighted by Gasteiger charge is 2.19. The summed E-state index contributed by atoms with van der Waals surface area (Å²) >= 11 is 0. The zero-order valence-corrected chi connectivity index (χ0v) is 19.5. The first-order chi connectivity index (χ1) is 16.7. The van der Waals surface area contributed by atoms with E-state index in [1.807, 2.05) is 23.1 Å². The molecule has 0 saturated carbocycles. The molecule has 1 atom stereocenters. The fraction of sp³-hybridized carbons (Fsp3) is 0.296. The number of H-pyrrole nitrogens is 1. The summed E-state index contributed by atoms with van der Waals surface area (Å²) in [5.41, 5.74) is 3.98. The molecule has 0 aliphatic carbocycles. The molecule has 1 N–H and O–H groups in total. The van der Waals surface area contributed by atoms with Gasteiger partial charge < -0.3 is 4.74 Å². The summed E-state index contributed by atoms with van der Waals surface area (Å²) in [4.78, 5) is 7.09. The first kappa shape index (κ1) is 20.9. The van der Waals surface area contributed by atoms with Gasteiger partial charge in [0, 0.05) is 29.1 Å². The van der Waals surface area contributed by atoms with Crippen molar-refractivity contribution < 1.29 is 4.74 Å². The van der Waals surface area contributed by atoms with Crippen LogP contribution in [-0.4, -0.2) is 49.6 Å². The third-order valence-electron chi connectivity index (χ3n) is 6.95. The normalized spacial score (nSPS) is 16.9. The van der Waals surface area contributed by atoms with E-state index in [1.54, 1.807) is 7.11 Å². The van der Waals surface area contributed by atoms with Crippen LogP contribution in [0.1, 0.15) is 26.2 Å². The number of benzene rings is 3. The molecule has 1 unspecified atom stereocenters. The number of rotatable bonds is 5. The maximum absolute atomic E-state index is 5.35. The van der Waals surface area contributed by atoms with Crippen molar-refractivity contribution in [1.29, 1.82) is 0 Å². The Kier molecular flexibility index (Phi) is 5.26. The molecule has 0 radical (unpaired) electrons. The second kappa shape index (κ2) is 8.57. The highest BCUT2D eigenvalue weighted by atomic mass is 16.5. The van der Waals surface area contributed by atoms with Crippen LogP contribution in [0.25, 0.3) is 44.3 Å². The van der Waals surface area contributed by atoms with Gasteiger partial charge in [-0.25, -0.2) is 9.67 Å². The molecule has 5 aromatic rings. The Morgan fingerprint density at radius 1 is 1.00 bits per heavy atom. The molecule has 7 heteroatoms. The van der Waals surface area contributed by atoms with Crippen LogP contribution in [-0.2, 0) is 6.67 Å². The Morgan fingerprint density at radius 2 is 1.85 bits per heavy atom. The highest BCUT2D eigenvalue weighted by Crippen LogP contribution is 2.32. The molecule has 0 spiro atoms. The Bertz CT molecular complexity index is 1470. The monoisotopic (exact) mass is 452 g/mol. The van der Waals surface area contributed by atoms with Crippen molar-refractivity contribution in [3.63, 3.8) is 0 Å². The lowest BCUT2D eigenvalue weighted by Crippen LogP contribution is -2.38. The zero-order valence-electron chi connectivity index (χ0n) is 19.5. The number of nitrogens with one attached hydrogen (secondary N) is 1. The summed E-state index contributed by atoms with van der Waals surface area (Å²) in [6, 6.07) is 19.3. The number of aromatic amines is 1. The van der Waals surface area contributed by atoms with E-state index in [4.69, 9.17) is 9.84 Å². The van der Waals surface area contributed by atoms with Crippen molar-refractivity contribution in [2.75, 3.05) is 13.7 Å². The maximum Gasteiger partial charge on any atom is 0.181 e. The van der Waals surface area contributed by atoms with Gasteiger partial charge >= 0.3 is 0 Å². The lowest BCUT2D eigenvalue weighted by molar-refractivity contribution is 0.115. The topological polar surface area (TPSA) is 71.9 Å². The van der Waals surface area contributed by atoms with Crippen LogP contribution < -0.4 is 4.74 Å². The molecule has 7 nitrogen and oxygen atoms in total. The maximum atomic E-state index is 5.35. The van der Waals surface area contributed by atoms with E-state index < -0.39 is 0 Å². The lowest BCUT2D eigenvalue weighted by Gasteiger charge is -2.32. The van der Waals surface area contributed by atoms with E-state index in [1.165, 1.54) is 19.3 Å². The third-order valence-corrected chi connectivity index (χ3v) is 6.95. The standard InChI is InChI=1S/C27H28N6O/c1-18-5-3-4-12-32(18)17-33-16-28-27(31-33)22-9-11-25-24(15-22)26(30-29-25)21-7-6-20-14-23(34-2)10-8-19(20)13-21/h6-11,13-16,18H,3-5,12,17H2,1-2H3,(H,29,30). The van der Waals surface area contributed by atoms with Crippen LogP contribution in [0.2, 0.25) is 0 Å². The van der Waals surface area contributed by atoms with Crippen LogP contribution in [0.3, 0.4) is 0 Å². The highest BCUT2D eigenvalue weighted by molar-refractivity contribution is 5.97. The molecule has 0 amide bonds. The first-order valence-corrected chi connectivity index (χ1v) is 11.9. The summed E-state index contributed by atoms with van der Waals surface area (Å²) in [5.74, 6) is 1.60. The largest absolute Gasteiger partial charge is 0.497 e. The molecule has 34 heavy (non-hydrogen) atoms. The summed E-state index contributed by atoms with van der Waals surface area (Å²) in [7, 11) is 1.69. The van der Waals surface area contributed by atoms with E-state index in [0.29, 0.717) is 6.04 Å². The second-order valence-electron chi connectivity index (χ2n) is 9.17. The van der Waals surface area contributed by atoms with Crippen molar-refractivity contribution in [3.8, 4) is 28.4 Å². The molecular weight excluding hydrogens is 424 g/mol. The molecule has 0 bridgehead atoms. The molecular formula is C27H28N6O. The van der Waals surface area contributed by atoms with Crippen LogP contribution in [0.4, 0.5) is 0 Å². The molecule has 1 aliphatic heterocycles. The van der Waals surface area contributed by atoms with Gasteiger partial charge in [0.15, 0.2) is 5.82 Å². The Hall–Kier alpha value is -3.71. The van der Waals surface area contributed by atoms with Gasteiger partial charge in [0.05, 0.1) is 25.0 Å². The van der Waals surface area contributed by atoms with Crippen molar-refractivity contribution in [1.82, 2.24) is 29.9 Å². The van der Waals surface area contributed by atoms with Gasteiger partial charge in [-0.3, -0.25) is 10.00 Å². The zero-order chi connectivity index (χ0) is 23.1. The van der Waals surface area contributed by atoms with E-state index in [2.05, 4.69) is 69.5 Å². The van der Waals surface area contributed by atoms with Gasteiger partial charge in [-0.05, 0) is 66.9 Å². The van der Waals surface area contributed by atoms with Gasteiger partial charge in [-0.2, -0.15) is 5.10 Å². The van der Waals surface area contributed by atoms with E-state index in [9.17, 15) is 0 Å². The summed E-state index contributed by atoms with van der Waals surface area (Å²) in [6.07, 6.45) is 5.67. The van der Waals surface area contributed by atoms with Crippen molar-refractivity contribution in [2.45, 2.75) is 38.9 Å². The average molecular weight is 453 g/mol. The fourth-order valence-corrected chi connectivity index (χ4v) is 4.92. The average Bonchev–Trinajstić information content (AvgIpc) is 3.51. The van der Waals surface area contributed by atoms with Gasteiger partial charge in [0.25, 0.3) is 0 Å². The Labute approximate surface area is 198 Å². The van der Waals surface area contributed by atoms with E-state index in [-0.39, 0.29) is 0 Å². The molecule has 172 valence electrons. The quantitative estimate of drug-likeness (QED) is 0.382. The number of hydrogen-bond acceptors (Lipinski definition) is 5.